The Labute approximate surface area is 130 Å². The molecule has 0 unspecified atom stereocenters. The predicted molar refractivity (Wildman–Crippen MR) is 87.8 cm³/mol. The van der Waals surface area contributed by atoms with Gasteiger partial charge in [-0.1, -0.05) is 53.7 Å². The summed E-state index contributed by atoms with van der Waals surface area (Å²) in [5.74, 6) is 1.12. The molecule has 0 aliphatic heterocycles. The van der Waals surface area contributed by atoms with Crippen molar-refractivity contribution in [1.29, 1.82) is 0 Å². The second-order valence-electron chi connectivity index (χ2n) is 4.18. The molecule has 0 saturated carbocycles. The van der Waals surface area contributed by atoms with Gasteiger partial charge < -0.3 is 4.52 Å². The van der Waals surface area contributed by atoms with Crippen molar-refractivity contribution in [3.05, 3.63) is 69.6 Å². The maximum atomic E-state index is 5.30. The summed E-state index contributed by atoms with van der Waals surface area (Å²) in [6, 6.07) is 18.0. The maximum absolute atomic E-state index is 5.30. The van der Waals surface area contributed by atoms with Crippen molar-refractivity contribution in [3.63, 3.8) is 0 Å². The van der Waals surface area contributed by atoms with Gasteiger partial charge in [0.2, 0.25) is 0 Å². The second-order valence-corrected chi connectivity index (χ2v) is 5.34. The van der Waals surface area contributed by atoms with Crippen LogP contribution in [0.2, 0.25) is 0 Å². The Bertz CT molecular complexity index is 735. The fraction of sp³-hybridized carbons (Fsp3) is 0. The van der Waals surface area contributed by atoms with Crippen LogP contribution in [-0.2, 0) is 0 Å². The molecule has 20 heavy (non-hydrogen) atoms. The molecule has 4 heteroatoms. The Balaban J connectivity index is 1.85. The van der Waals surface area contributed by atoms with Gasteiger partial charge in [-0.05, 0) is 46.4 Å². The van der Waals surface area contributed by atoms with Crippen LogP contribution in [0.5, 0.6) is 0 Å². The van der Waals surface area contributed by atoms with Crippen molar-refractivity contribution in [2.24, 2.45) is 0 Å². The van der Waals surface area contributed by atoms with E-state index >= 15 is 0 Å². The van der Waals surface area contributed by atoms with Gasteiger partial charge in [0.1, 0.15) is 0 Å². The quantitative estimate of drug-likeness (QED) is 0.634. The fourth-order valence-corrected chi connectivity index (χ4v) is 2.40. The van der Waals surface area contributed by atoms with Gasteiger partial charge in [-0.2, -0.15) is 4.98 Å². The van der Waals surface area contributed by atoms with Crippen LogP contribution in [0.4, 0.5) is 0 Å². The minimum Gasteiger partial charge on any atom is -0.334 e. The van der Waals surface area contributed by atoms with Crippen LogP contribution in [0.3, 0.4) is 0 Å². The number of nitrogens with zero attached hydrogens (tertiary/aromatic N) is 2. The number of hydrogen-bond donors (Lipinski definition) is 0. The molecule has 1 aromatic heterocycles. The summed E-state index contributed by atoms with van der Waals surface area (Å²) >= 11 is 2.26. The summed E-state index contributed by atoms with van der Waals surface area (Å²) in [4.78, 5) is 4.39. The average molecular weight is 374 g/mol. The van der Waals surface area contributed by atoms with Crippen LogP contribution in [0.25, 0.3) is 23.6 Å². The zero-order chi connectivity index (χ0) is 13.8. The van der Waals surface area contributed by atoms with Crippen molar-refractivity contribution < 1.29 is 4.52 Å². The Kier molecular flexibility index (Phi) is 3.92. The molecule has 98 valence electrons. The number of rotatable bonds is 3. The number of hydrogen-bond acceptors (Lipinski definition) is 3. The van der Waals surface area contributed by atoms with Gasteiger partial charge in [0.05, 0.1) is 5.56 Å². The molecular formula is C16H11IN2O. The number of aromatic nitrogens is 2. The lowest BCUT2D eigenvalue weighted by Crippen LogP contribution is -1.82. The summed E-state index contributed by atoms with van der Waals surface area (Å²) in [6.07, 6.45) is 3.81. The average Bonchev–Trinajstić information content (AvgIpc) is 2.95. The van der Waals surface area contributed by atoms with Crippen LogP contribution in [0.15, 0.2) is 59.1 Å². The van der Waals surface area contributed by atoms with E-state index in [-0.39, 0.29) is 0 Å². The van der Waals surface area contributed by atoms with E-state index < -0.39 is 0 Å². The highest BCUT2D eigenvalue weighted by molar-refractivity contribution is 14.1. The van der Waals surface area contributed by atoms with Crippen molar-refractivity contribution in [3.8, 4) is 11.5 Å². The molecular weight excluding hydrogens is 363 g/mol. The van der Waals surface area contributed by atoms with Gasteiger partial charge >= 0.3 is 0 Å². The van der Waals surface area contributed by atoms with E-state index in [0.29, 0.717) is 11.7 Å². The van der Waals surface area contributed by atoms with E-state index in [0.717, 1.165) is 14.7 Å². The Hall–Kier alpha value is -1.95. The molecule has 3 rings (SSSR count). The van der Waals surface area contributed by atoms with E-state index in [1.165, 1.54) is 0 Å². The van der Waals surface area contributed by atoms with Crippen LogP contribution in [0.1, 0.15) is 11.4 Å². The molecule has 0 radical (unpaired) electrons. The molecule has 0 saturated heterocycles. The molecule has 0 amide bonds. The first-order valence-electron chi connectivity index (χ1n) is 6.15. The molecule has 3 aromatic rings. The number of halogens is 1. The monoisotopic (exact) mass is 374 g/mol. The Morgan fingerprint density at radius 2 is 1.65 bits per heavy atom. The first kappa shape index (κ1) is 13.1. The van der Waals surface area contributed by atoms with E-state index in [2.05, 4.69) is 32.7 Å². The largest absolute Gasteiger partial charge is 0.334 e. The zero-order valence-corrected chi connectivity index (χ0v) is 12.7. The first-order valence-corrected chi connectivity index (χ1v) is 7.22. The van der Waals surface area contributed by atoms with Gasteiger partial charge in [-0.25, -0.2) is 0 Å². The molecule has 0 N–H and O–H groups in total. The highest BCUT2D eigenvalue weighted by Gasteiger charge is 2.09. The standard InChI is InChI=1S/C16H11IN2O/c17-14-9-5-4-8-13(14)16-18-15(19-20-16)11-10-12-6-2-1-3-7-12/h1-11H/b11-10+. The van der Waals surface area contributed by atoms with E-state index in [4.69, 9.17) is 4.52 Å². The molecule has 0 bridgehead atoms. The lowest BCUT2D eigenvalue weighted by atomic mass is 10.2. The van der Waals surface area contributed by atoms with Crippen molar-refractivity contribution in [2.45, 2.75) is 0 Å². The molecule has 2 aromatic carbocycles. The van der Waals surface area contributed by atoms with Crippen LogP contribution in [-0.4, -0.2) is 10.1 Å². The number of benzene rings is 2. The van der Waals surface area contributed by atoms with Crippen molar-refractivity contribution in [2.75, 3.05) is 0 Å². The normalized spacial score (nSPS) is 11.1. The van der Waals surface area contributed by atoms with Crippen LogP contribution < -0.4 is 0 Å². The molecule has 0 atom stereocenters. The SMILES string of the molecule is Ic1ccccc1-c1nc(/C=C/c2ccccc2)no1. The van der Waals surface area contributed by atoms with Crippen LogP contribution >= 0.6 is 22.6 Å². The minimum atomic E-state index is 0.544. The topological polar surface area (TPSA) is 38.9 Å². The molecule has 0 aliphatic rings. The van der Waals surface area contributed by atoms with Gasteiger partial charge in [-0.15, -0.1) is 0 Å². The van der Waals surface area contributed by atoms with Gasteiger partial charge in [0, 0.05) is 3.57 Å². The lowest BCUT2D eigenvalue weighted by molar-refractivity contribution is 0.428. The third kappa shape index (κ3) is 2.96. The highest BCUT2D eigenvalue weighted by Crippen LogP contribution is 2.23. The second kappa shape index (κ2) is 6.00. The maximum Gasteiger partial charge on any atom is 0.259 e. The van der Waals surface area contributed by atoms with Gasteiger partial charge in [0.25, 0.3) is 5.89 Å². The summed E-state index contributed by atoms with van der Waals surface area (Å²) in [6.45, 7) is 0. The lowest BCUT2D eigenvalue weighted by Gasteiger charge is -1.95. The Morgan fingerprint density at radius 3 is 2.45 bits per heavy atom. The molecule has 0 aliphatic carbocycles. The van der Waals surface area contributed by atoms with Gasteiger partial charge in [0.15, 0.2) is 5.82 Å². The molecule has 0 spiro atoms. The van der Waals surface area contributed by atoms with Gasteiger partial charge in [-0.3, -0.25) is 0 Å². The zero-order valence-electron chi connectivity index (χ0n) is 10.5. The van der Waals surface area contributed by atoms with E-state index in [1.54, 1.807) is 0 Å². The summed E-state index contributed by atoms with van der Waals surface area (Å²) in [5, 5.41) is 3.97. The summed E-state index contributed by atoms with van der Waals surface area (Å²) < 4.78 is 6.39. The molecule has 0 fully saturated rings. The fourth-order valence-electron chi connectivity index (χ4n) is 1.78. The third-order valence-electron chi connectivity index (χ3n) is 2.77. The highest BCUT2D eigenvalue weighted by atomic mass is 127. The Morgan fingerprint density at radius 1 is 0.900 bits per heavy atom. The molecule has 3 nitrogen and oxygen atoms in total. The summed E-state index contributed by atoms with van der Waals surface area (Å²) in [7, 11) is 0. The van der Waals surface area contributed by atoms with Crippen molar-refractivity contribution in [1.82, 2.24) is 10.1 Å². The van der Waals surface area contributed by atoms with E-state index in [9.17, 15) is 0 Å². The van der Waals surface area contributed by atoms with Crippen molar-refractivity contribution >= 4 is 34.7 Å². The smallest absolute Gasteiger partial charge is 0.259 e. The third-order valence-corrected chi connectivity index (χ3v) is 3.71. The van der Waals surface area contributed by atoms with Crippen LogP contribution in [0, 0.1) is 3.57 Å². The predicted octanol–water partition coefficient (Wildman–Crippen LogP) is 4.51. The molecule has 1 heterocycles. The van der Waals surface area contributed by atoms with E-state index in [1.807, 2.05) is 66.7 Å². The minimum absolute atomic E-state index is 0.544. The first-order chi connectivity index (χ1) is 9.83. The summed E-state index contributed by atoms with van der Waals surface area (Å²) in [5.41, 5.74) is 2.06.